The minimum absolute atomic E-state index is 0.822. The summed E-state index contributed by atoms with van der Waals surface area (Å²) in [6, 6.07) is 0. The summed E-state index contributed by atoms with van der Waals surface area (Å²) in [6.07, 6.45) is 0. The molecule has 1 rings (SSSR count). The van der Waals surface area contributed by atoms with Crippen LogP contribution in [0.4, 0.5) is 0 Å². The van der Waals surface area contributed by atoms with Crippen LogP contribution in [0.3, 0.4) is 0 Å². The van der Waals surface area contributed by atoms with Gasteiger partial charge in [0.1, 0.15) is 11.5 Å². The molecule has 0 bridgehead atoms. The largest absolute Gasteiger partial charge is 0.133 e. The van der Waals surface area contributed by atoms with Gasteiger partial charge in [0, 0.05) is 0 Å². The highest BCUT2D eigenvalue weighted by Crippen LogP contribution is 2.77. The quantitative estimate of drug-likeness (QED) is 0.154. The third-order valence-corrected chi connectivity index (χ3v) is 195. The van der Waals surface area contributed by atoms with Crippen LogP contribution >= 0.6 is 30.6 Å². The Morgan fingerprint density at radius 3 is 0.395 bits per heavy atom. The van der Waals surface area contributed by atoms with Crippen molar-refractivity contribution < 1.29 is 0 Å². The molecule has 0 aromatic carbocycles. The van der Waals surface area contributed by atoms with Crippen molar-refractivity contribution in [2.75, 3.05) is 0 Å². The summed E-state index contributed by atoms with van der Waals surface area (Å²) < 4.78 is 0. The van der Waals surface area contributed by atoms with Gasteiger partial charge < -0.3 is 0 Å². The Labute approximate surface area is 262 Å². The summed E-state index contributed by atoms with van der Waals surface area (Å²) in [5, 5.41) is 0. The van der Waals surface area contributed by atoms with Gasteiger partial charge in [0.2, 0.25) is 0 Å². The molecule has 8 heteroatoms. The van der Waals surface area contributed by atoms with Crippen LogP contribution in [0.15, 0.2) is 0 Å². The molecule has 1 aliphatic rings. The molecule has 1 saturated heterocycles. The minimum Gasteiger partial charge on any atom is -0.133 e. The topological polar surface area (TPSA) is 0 Å². The first-order valence-corrected chi connectivity index (χ1v) is 39.6. The van der Waals surface area contributed by atoms with Gasteiger partial charge in [-0.15, -0.1) is 30.6 Å². The van der Waals surface area contributed by atoms with E-state index in [1.807, 2.05) is 0 Å². The minimum atomic E-state index is -1.96. The maximum atomic E-state index is 5.37. The molecular weight excluding hydrogens is 689 g/mol. The van der Waals surface area contributed by atoms with Crippen LogP contribution in [0.5, 0.6) is 0 Å². The molecule has 0 N–H and O–H groups in total. The van der Waals surface area contributed by atoms with Crippen LogP contribution < -0.4 is 0 Å². The van der Waals surface area contributed by atoms with Gasteiger partial charge in [-0.2, -0.15) is 0 Å². The summed E-state index contributed by atoms with van der Waals surface area (Å²) >= 11 is 10.7. The predicted molar refractivity (Wildman–Crippen MR) is 203 cm³/mol. The first-order valence-electron chi connectivity index (χ1n) is 16.3. The number of hydrogen-bond donors (Lipinski definition) is 0. The van der Waals surface area contributed by atoms with Crippen LogP contribution in [0.25, 0.3) is 0 Å². The Kier molecular flexibility index (Phi) is 12.4. The number of hydrogen-bond acceptors (Lipinski definition) is 0. The third-order valence-electron chi connectivity index (χ3n) is 12.7. The van der Waals surface area contributed by atoms with Crippen molar-refractivity contribution in [3.63, 3.8) is 0 Å². The molecule has 38 heavy (non-hydrogen) atoms. The molecule has 0 unspecified atom stereocenters. The average molecular weight is 759 g/mol. The fourth-order valence-corrected chi connectivity index (χ4v) is 367. The zero-order valence-electron chi connectivity index (χ0n) is 29.5. The molecule has 1 fully saturated rings. The molecule has 228 valence electrons. The first kappa shape index (κ1) is 38.3. The molecule has 1 aliphatic heterocycles. The molecule has 0 nitrogen and oxygen atoms in total. The van der Waals surface area contributed by atoms with E-state index in [-0.39, 0.29) is 0 Å². The Hall–Kier alpha value is 2.26. The molecule has 0 amide bonds. The van der Waals surface area contributed by atoms with Gasteiger partial charge in [0.15, 0.2) is 0 Å². The summed E-state index contributed by atoms with van der Waals surface area (Å²) in [5.74, 6) is 0. The van der Waals surface area contributed by atoms with Gasteiger partial charge in [-0.3, -0.25) is 0 Å². The van der Waals surface area contributed by atoms with Gasteiger partial charge in [-0.1, -0.05) is 183 Å². The number of halogens is 2. The van der Waals surface area contributed by atoms with E-state index in [9.17, 15) is 0 Å². The van der Waals surface area contributed by atoms with Crippen molar-refractivity contribution in [1.82, 2.24) is 0 Å². The molecule has 0 aromatic rings. The molecule has 1 heterocycles. The Morgan fingerprint density at radius 2 is 0.342 bits per heavy atom. The molecule has 0 spiro atoms. The highest BCUT2D eigenvalue weighted by molar-refractivity contribution is 9.33. The van der Waals surface area contributed by atoms with E-state index in [4.69, 9.17) is 30.6 Å². The lowest BCUT2D eigenvalue weighted by Crippen LogP contribution is -3.09. The van der Waals surface area contributed by atoms with Crippen LogP contribution in [-0.4, -0.2) is 39.9 Å². The standard InChI is InChI=1S/C30H70Br2Si6/c1-21(2)33(22(3)4)34(23(5)6,24(7)8)38(32,30(19)20)36(27(13)14,28(15)16)35(25(9)10,26(11)12)37(33,31)29(17)18/h21-30H,1-20H3. The lowest BCUT2D eigenvalue weighted by Gasteiger charge is -2.85. The predicted octanol–water partition coefficient (Wildman–Crippen LogP) is 13.0. The van der Waals surface area contributed by atoms with Crippen molar-refractivity contribution in [3.05, 3.63) is 0 Å². The van der Waals surface area contributed by atoms with E-state index in [2.05, 4.69) is 138 Å². The van der Waals surface area contributed by atoms with Crippen molar-refractivity contribution in [1.29, 1.82) is 0 Å². The van der Waals surface area contributed by atoms with E-state index in [1.54, 1.807) is 0 Å². The summed E-state index contributed by atoms with van der Waals surface area (Å²) in [6.45, 7) is 55.3. The normalized spacial score (nSPS) is 29.1. The lowest BCUT2D eigenvalue weighted by atomic mass is 10.5. The van der Waals surface area contributed by atoms with Gasteiger partial charge in [0.25, 0.3) is 0 Å². The van der Waals surface area contributed by atoms with Crippen LogP contribution in [0.2, 0.25) is 55.4 Å². The highest BCUT2D eigenvalue weighted by atomic mass is 79.9. The molecule has 0 aromatic heterocycles. The zero-order valence-corrected chi connectivity index (χ0v) is 38.7. The summed E-state index contributed by atoms with van der Waals surface area (Å²) in [7, 11) is -7.58. The summed E-state index contributed by atoms with van der Waals surface area (Å²) in [5.41, 5.74) is 4.54. The molecule has 0 aliphatic carbocycles. The van der Waals surface area contributed by atoms with Gasteiger partial charge in [-0.05, 0) is 11.1 Å². The second-order valence-corrected chi connectivity index (χ2v) is 92.4. The second-order valence-electron chi connectivity index (χ2n) is 16.4. The maximum absolute atomic E-state index is 5.37. The molecule has 0 radical (unpaired) electrons. The fourth-order valence-electron chi connectivity index (χ4n) is 13.6. The van der Waals surface area contributed by atoms with Crippen molar-refractivity contribution in [2.24, 2.45) is 0 Å². The van der Waals surface area contributed by atoms with Gasteiger partial charge in [-0.25, -0.2) is 0 Å². The van der Waals surface area contributed by atoms with Crippen molar-refractivity contribution >= 4 is 70.5 Å². The van der Waals surface area contributed by atoms with E-state index in [0.29, 0.717) is 0 Å². The number of rotatable bonds is 10. The average Bonchev–Trinajstić information content (AvgIpc) is 2.71. The van der Waals surface area contributed by atoms with Crippen LogP contribution in [0, 0.1) is 0 Å². The van der Waals surface area contributed by atoms with Crippen LogP contribution in [0.1, 0.15) is 138 Å². The monoisotopic (exact) mass is 756 g/mol. The molecule has 0 atom stereocenters. The zero-order chi connectivity index (χ0) is 30.8. The maximum Gasteiger partial charge on any atom is 0.113 e. The fraction of sp³-hybridized carbons (Fsp3) is 1.00. The van der Waals surface area contributed by atoms with Gasteiger partial charge in [0.05, 0.1) is 28.4 Å². The smallest absolute Gasteiger partial charge is 0.113 e. The Morgan fingerprint density at radius 1 is 0.237 bits per heavy atom. The SMILES string of the molecule is CC(C)[Si]1(Br)[Si](C(C)C)(C(C)C)[Si](C(C)C)(C(C)C)[Si](Br)(C(C)C)[Si](C(C)C)(C(C)C)[Si]1(C(C)C)C(C)C. The summed E-state index contributed by atoms with van der Waals surface area (Å²) in [4.78, 5) is 0. The highest BCUT2D eigenvalue weighted by Gasteiger charge is 2.93. The van der Waals surface area contributed by atoms with E-state index < -0.39 is 39.9 Å². The third kappa shape index (κ3) is 3.93. The van der Waals surface area contributed by atoms with Crippen LogP contribution in [-0.2, 0) is 0 Å². The second kappa shape index (κ2) is 12.3. The Balaban J connectivity index is 5.29. The first-order chi connectivity index (χ1) is 16.9. The van der Waals surface area contributed by atoms with E-state index in [0.717, 1.165) is 55.4 Å². The lowest BCUT2D eigenvalue weighted by molar-refractivity contribution is 0.862. The molecular formula is C30H70Br2Si6. The van der Waals surface area contributed by atoms with E-state index in [1.165, 1.54) is 0 Å². The molecule has 0 saturated carbocycles. The van der Waals surface area contributed by atoms with Crippen molar-refractivity contribution in [3.8, 4) is 0 Å². The van der Waals surface area contributed by atoms with Gasteiger partial charge >= 0.3 is 0 Å². The van der Waals surface area contributed by atoms with Crippen molar-refractivity contribution in [2.45, 2.75) is 194 Å². The Bertz CT molecular complexity index is 651. The van der Waals surface area contributed by atoms with E-state index >= 15 is 0 Å².